The van der Waals surface area contributed by atoms with E-state index >= 15 is 0 Å². The summed E-state index contributed by atoms with van der Waals surface area (Å²) in [6.45, 7) is 3.95. The Bertz CT molecular complexity index is 601. The third-order valence-corrected chi connectivity index (χ3v) is 4.67. The zero-order chi connectivity index (χ0) is 16.2. The summed E-state index contributed by atoms with van der Waals surface area (Å²) in [5.41, 5.74) is 1.66. The summed E-state index contributed by atoms with van der Waals surface area (Å²) in [4.78, 5) is 13.6. The zero-order valence-corrected chi connectivity index (χ0v) is 14.0. The van der Waals surface area contributed by atoms with Gasteiger partial charge < -0.3 is 4.90 Å². The van der Waals surface area contributed by atoms with Gasteiger partial charge in [0.05, 0.1) is 6.26 Å². The van der Waals surface area contributed by atoms with Crippen molar-refractivity contribution in [2.75, 3.05) is 29.0 Å². The summed E-state index contributed by atoms with van der Waals surface area (Å²) in [6.07, 6.45) is 4.51. The Balaban J connectivity index is 2.00. The fourth-order valence-corrected chi connectivity index (χ4v) is 3.43. The summed E-state index contributed by atoms with van der Waals surface area (Å²) >= 11 is 0. The molecule has 122 valence electrons. The van der Waals surface area contributed by atoms with Crippen LogP contribution in [0.3, 0.4) is 0 Å². The van der Waals surface area contributed by atoms with Crippen molar-refractivity contribution in [3.8, 4) is 0 Å². The van der Waals surface area contributed by atoms with E-state index < -0.39 is 10.0 Å². The molecular formula is C16H24N2O3S. The van der Waals surface area contributed by atoms with E-state index in [-0.39, 0.29) is 0 Å². The van der Waals surface area contributed by atoms with Gasteiger partial charge in [-0.05, 0) is 49.9 Å². The summed E-state index contributed by atoms with van der Waals surface area (Å²) in [5, 5.41) is 0. The van der Waals surface area contributed by atoms with E-state index in [1.807, 2.05) is 12.1 Å². The van der Waals surface area contributed by atoms with Crippen LogP contribution in [0.5, 0.6) is 0 Å². The Hall–Kier alpha value is -1.56. The molecular weight excluding hydrogens is 300 g/mol. The predicted octanol–water partition coefficient (Wildman–Crippen LogP) is 2.64. The van der Waals surface area contributed by atoms with E-state index in [0.29, 0.717) is 30.2 Å². The number of rotatable bonds is 6. The number of carbonyl (C=O) groups is 1. The molecule has 0 amide bonds. The highest BCUT2D eigenvalue weighted by Gasteiger charge is 2.20. The number of hydrogen-bond donors (Lipinski definition) is 1. The van der Waals surface area contributed by atoms with E-state index in [2.05, 4.69) is 16.5 Å². The molecule has 0 unspecified atom stereocenters. The van der Waals surface area contributed by atoms with Gasteiger partial charge in [0.2, 0.25) is 10.0 Å². The Morgan fingerprint density at radius 3 is 2.27 bits per heavy atom. The van der Waals surface area contributed by atoms with Crippen LogP contribution in [0.15, 0.2) is 24.3 Å². The van der Waals surface area contributed by atoms with Crippen molar-refractivity contribution in [2.45, 2.75) is 32.6 Å². The first-order chi connectivity index (χ1) is 10.4. The van der Waals surface area contributed by atoms with Gasteiger partial charge in [-0.15, -0.1) is 0 Å². The van der Waals surface area contributed by atoms with Gasteiger partial charge in [0.25, 0.3) is 0 Å². The quantitative estimate of drug-likeness (QED) is 0.873. The molecule has 0 radical (unpaired) electrons. The smallest absolute Gasteiger partial charge is 0.229 e. The van der Waals surface area contributed by atoms with Crippen molar-refractivity contribution >= 4 is 27.2 Å². The van der Waals surface area contributed by atoms with Gasteiger partial charge in [-0.1, -0.05) is 0 Å². The van der Waals surface area contributed by atoms with Gasteiger partial charge in [0.1, 0.15) is 5.78 Å². The average molecular weight is 324 g/mol. The number of benzene rings is 1. The van der Waals surface area contributed by atoms with Crippen molar-refractivity contribution in [3.05, 3.63) is 24.3 Å². The van der Waals surface area contributed by atoms with Crippen molar-refractivity contribution in [1.82, 2.24) is 0 Å². The largest absolute Gasteiger partial charge is 0.372 e. The molecule has 0 heterocycles. The zero-order valence-electron chi connectivity index (χ0n) is 13.2. The number of anilines is 2. The molecule has 0 saturated heterocycles. The Kier molecular flexibility index (Phi) is 5.45. The number of sulfonamides is 1. The van der Waals surface area contributed by atoms with E-state index in [1.54, 1.807) is 12.1 Å². The van der Waals surface area contributed by atoms with Crippen LogP contribution in [0.2, 0.25) is 0 Å². The lowest BCUT2D eigenvalue weighted by Gasteiger charge is -2.30. The first-order valence-corrected chi connectivity index (χ1v) is 9.61. The van der Waals surface area contributed by atoms with Crippen molar-refractivity contribution in [2.24, 2.45) is 5.92 Å². The standard InChI is InChI=1S/C16H24N2O3S/c1-3-18(12-13-4-10-16(19)11-5-13)15-8-6-14(7-9-15)17-22(2,20)21/h6-9,13,17H,3-5,10-12H2,1-2H3. The summed E-state index contributed by atoms with van der Waals surface area (Å²) in [6, 6.07) is 7.43. The molecule has 0 atom stereocenters. The summed E-state index contributed by atoms with van der Waals surface area (Å²) in [5.74, 6) is 0.946. The minimum atomic E-state index is -3.24. The van der Waals surface area contributed by atoms with Crippen LogP contribution >= 0.6 is 0 Å². The van der Waals surface area contributed by atoms with Crippen molar-refractivity contribution < 1.29 is 13.2 Å². The topological polar surface area (TPSA) is 66.5 Å². The van der Waals surface area contributed by atoms with Crippen LogP contribution in [0, 0.1) is 5.92 Å². The lowest BCUT2D eigenvalue weighted by Crippen LogP contribution is -2.31. The second-order valence-electron chi connectivity index (χ2n) is 5.94. The highest BCUT2D eigenvalue weighted by molar-refractivity contribution is 7.92. The molecule has 22 heavy (non-hydrogen) atoms. The van der Waals surface area contributed by atoms with Crippen LogP contribution in [-0.2, 0) is 14.8 Å². The number of carbonyl (C=O) groups excluding carboxylic acids is 1. The molecule has 1 fully saturated rings. The maximum atomic E-state index is 11.3. The van der Waals surface area contributed by atoms with Gasteiger partial charge in [0.15, 0.2) is 0 Å². The van der Waals surface area contributed by atoms with E-state index in [4.69, 9.17) is 0 Å². The number of hydrogen-bond acceptors (Lipinski definition) is 4. The van der Waals surface area contributed by atoms with E-state index in [1.165, 1.54) is 0 Å². The molecule has 1 aliphatic rings. The SMILES string of the molecule is CCN(CC1CCC(=O)CC1)c1ccc(NS(C)(=O)=O)cc1. The molecule has 6 heteroatoms. The third kappa shape index (κ3) is 5.02. The molecule has 1 saturated carbocycles. The van der Waals surface area contributed by atoms with Crippen LogP contribution in [0.25, 0.3) is 0 Å². The Morgan fingerprint density at radius 1 is 1.18 bits per heavy atom. The molecule has 0 aromatic heterocycles. The van der Waals surface area contributed by atoms with E-state index in [0.717, 1.165) is 37.9 Å². The maximum Gasteiger partial charge on any atom is 0.229 e. The average Bonchev–Trinajstić information content (AvgIpc) is 2.46. The normalized spacial score (nSPS) is 16.5. The molecule has 1 aromatic rings. The van der Waals surface area contributed by atoms with Crippen LogP contribution in [0.4, 0.5) is 11.4 Å². The number of nitrogens with one attached hydrogen (secondary N) is 1. The minimum Gasteiger partial charge on any atom is -0.372 e. The van der Waals surface area contributed by atoms with Gasteiger partial charge in [-0.25, -0.2) is 8.42 Å². The monoisotopic (exact) mass is 324 g/mol. The number of Topliss-reactive ketones (excluding diaryl/α,β-unsaturated/α-hetero) is 1. The highest BCUT2D eigenvalue weighted by Crippen LogP contribution is 2.25. The minimum absolute atomic E-state index is 0.385. The highest BCUT2D eigenvalue weighted by atomic mass is 32.2. The molecule has 0 aliphatic heterocycles. The van der Waals surface area contributed by atoms with Crippen molar-refractivity contribution in [3.63, 3.8) is 0 Å². The fraction of sp³-hybridized carbons (Fsp3) is 0.562. The second-order valence-corrected chi connectivity index (χ2v) is 7.69. The van der Waals surface area contributed by atoms with Gasteiger partial charge in [0, 0.05) is 37.3 Å². The summed E-state index contributed by atoms with van der Waals surface area (Å²) in [7, 11) is -3.24. The van der Waals surface area contributed by atoms with Gasteiger partial charge in [-0.2, -0.15) is 0 Å². The molecule has 2 rings (SSSR count). The van der Waals surface area contributed by atoms with E-state index in [9.17, 15) is 13.2 Å². The molecule has 1 aliphatic carbocycles. The lowest BCUT2D eigenvalue weighted by molar-refractivity contribution is -0.120. The van der Waals surface area contributed by atoms with Crippen LogP contribution < -0.4 is 9.62 Å². The maximum absolute atomic E-state index is 11.3. The Labute approximate surface area is 132 Å². The number of nitrogens with zero attached hydrogens (tertiary/aromatic N) is 1. The molecule has 0 spiro atoms. The third-order valence-electron chi connectivity index (χ3n) is 4.06. The van der Waals surface area contributed by atoms with Gasteiger partial charge in [-0.3, -0.25) is 9.52 Å². The molecule has 0 bridgehead atoms. The summed E-state index contributed by atoms with van der Waals surface area (Å²) < 4.78 is 24.9. The fourth-order valence-electron chi connectivity index (χ4n) is 2.87. The van der Waals surface area contributed by atoms with Crippen LogP contribution in [-0.4, -0.2) is 33.5 Å². The Morgan fingerprint density at radius 2 is 1.77 bits per heavy atom. The lowest BCUT2D eigenvalue weighted by atomic mass is 9.88. The number of ketones is 1. The van der Waals surface area contributed by atoms with Crippen molar-refractivity contribution in [1.29, 1.82) is 0 Å². The van der Waals surface area contributed by atoms with Gasteiger partial charge >= 0.3 is 0 Å². The second kappa shape index (κ2) is 7.13. The molecule has 5 nitrogen and oxygen atoms in total. The molecule has 1 N–H and O–H groups in total. The molecule has 1 aromatic carbocycles. The first kappa shape index (κ1) is 16.8. The van der Waals surface area contributed by atoms with Crippen LogP contribution in [0.1, 0.15) is 32.6 Å². The predicted molar refractivity (Wildman–Crippen MR) is 89.8 cm³/mol. The first-order valence-electron chi connectivity index (χ1n) is 7.72.